The first-order valence-corrected chi connectivity index (χ1v) is 8.17. The molecule has 0 aliphatic heterocycles. The van der Waals surface area contributed by atoms with Crippen LogP contribution in [0.3, 0.4) is 0 Å². The van der Waals surface area contributed by atoms with Gasteiger partial charge in [-0.05, 0) is 24.0 Å². The van der Waals surface area contributed by atoms with Gasteiger partial charge in [0.25, 0.3) is 0 Å². The van der Waals surface area contributed by atoms with Gasteiger partial charge in [0.2, 0.25) is 11.7 Å². The zero-order valence-corrected chi connectivity index (χ0v) is 14.7. The third kappa shape index (κ3) is 5.94. The first-order chi connectivity index (χ1) is 10.9. The number of rotatable bonds is 7. The Labute approximate surface area is 142 Å². The number of hydrogen-bond donors (Lipinski definition) is 1. The lowest BCUT2D eigenvalue weighted by Gasteiger charge is -2.28. The minimum atomic E-state index is 0.158. The van der Waals surface area contributed by atoms with Gasteiger partial charge in [0.05, 0.1) is 6.54 Å². The summed E-state index contributed by atoms with van der Waals surface area (Å²) < 4.78 is 5.38. The van der Waals surface area contributed by atoms with Gasteiger partial charge in [-0.25, -0.2) is 0 Å². The average molecular weight is 338 g/mol. The summed E-state index contributed by atoms with van der Waals surface area (Å²) in [7, 11) is 0. The molecule has 5 nitrogen and oxygen atoms in total. The molecule has 0 unspecified atom stereocenters. The van der Waals surface area contributed by atoms with E-state index in [-0.39, 0.29) is 12.0 Å². The van der Waals surface area contributed by atoms with Crippen LogP contribution in [-0.4, -0.2) is 39.8 Å². The molecule has 0 aliphatic rings. The van der Waals surface area contributed by atoms with Crippen molar-refractivity contribution in [3.63, 3.8) is 0 Å². The molecule has 1 aromatic heterocycles. The highest BCUT2D eigenvalue weighted by atomic mass is 35.5. The van der Waals surface area contributed by atoms with Crippen molar-refractivity contribution in [2.75, 3.05) is 19.7 Å². The normalized spacial score (nSPS) is 12.1. The van der Waals surface area contributed by atoms with Crippen LogP contribution in [0.15, 0.2) is 28.8 Å². The molecule has 2 aromatic rings. The first kappa shape index (κ1) is 17.9. The molecule has 0 atom stereocenters. The van der Waals surface area contributed by atoms with E-state index in [2.05, 4.69) is 35.8 Å². The predicted octanol–water partition coefficient (Wildman–Crippen LogP) is 3.62. The lowest BCUT2D eigenvalue weighted by Crippen LogP contribution is -2.33. The first-order valence-electron chi connectivity index (χ1n) is 7.79. The smallest absolute Gasteiger partial charge is 0.241 e. The molecule has 0 fully saturated rings. The fourth-order valence-corrected chi connectivity index (χ4v) is 2.62. The van der Waals surface area contributed by atoms with E-state index in [4.69, 9.17) is 21.2 Å². The summed E-state index contributed by atoms with van der Waals surface area (Å²) in [5.41, 5.74) is 0.996. The van der Waals surface area contributed by atoms with Crippen molar-refractivity contribution in [2.45, 2.75) is 33.7 Å². The standard InChI is InChI=1S/C17H24ClN3O2/c1-17(2,3)12-21(8-5-9-22)11-15-19-16(20-23-15)13-6-4-7-14(18)10-13/h4,6-7,10,22H,5,8-9,11-12H2,1-3H3. The van der Waals surface area contributed by atoms with Crippen LogP contribution >= 0.6 is 11.6 Å². The number of benzene rings is 1. The number of hydrogen-bond acceptors (Lipinski definition) is 5. The average Bonchev–Trinajstić information content (AvgIpc) is 2.92. The maximum absolute atomic E-state index is 9.07. The highest BCUT2D eigenvalue weighted by Crippen LogP contribution is 2.21. The number of nitrogens with zero attached hydrogens (tertiary/aromatic N) is 3. The minimum absolute atomic E-state index is 0.158. The number of aromatic nitrogens is 2. The maximum Gasteiger partial charge on any atom is 0.241 e. The van der Waals surface area contributed by atoms with Crippen molar-refractivity contribution in [3.8, 4) is 11.4 Å². The van der Waals surface area contributed by atoms with Gasteiger partial charge in [-0.2, -0.15) is 4.98 Å². The van der Waals surface area contributed by atoms with Crippen molar-refractivity contribution < 1.29 is 9.63 Å². The topological polar surface area (TPSA) is 62.4 Å². The SMILES string of the molecule is CC(C)(C)CN(CCCO)Cc1nc(-c2cccc(Cl)c2)no1. The van der Waals surface area contributed by atoms with Crippen LogP contribution in [0.4, 0.5) is 0 Å². The monoisotopic (exact) mass is 337 g/mol. The van der Waals surface area contributed by atoms with E-state index < -0.39 is 0 Å². The lowest BCUT2D eigenvalue weighted by atomic mass is 9.96. The maximum atomic E-state index is 9.07. The van der Waals surface area contributed by atoms with Gasteiger partial charge in [0.15, 0.2) is 0 Å². The molecular formula is C17H24ClN3O2. The fraction of sp³-hybridized carbons (Fsp3) is 0.529. The summed E-state index contributed by atoms with van der Waals surface area (Å²) in [4.78, 5) is 6.69. The molecule has 0 aliphatic carbocycles. The second kappa shape index (κ2) is 7.90. The van der Waals surface area contributed by atoms with Crippen molar-refractivity contribution in [1.29, 1.82) is 0 Å². The molecule has 0 spiro atoms. The van der Waals surface area contributed by atoms with Crippen LogP contribution in [0.1, 0.15) is 33.1 Å². The molecule has 6 heteroatoms. The largest absolute Gasteiger partial charge is 0.396 e. The van der Waals surface area contributed by atoms with Gasteiger partial charge >= 0.3 is 0 Å². The van der Waals surface area contributed by atoms with Crippen LogP contribution in [0, 0.1) is 5.41 Å². The van der Waals surface area contributed by atoms with Crippen LogP contribution in [0.2, 0.25) is 5.02 Å². The van der Waals surface area contributed by atoms with Crippen LogP contribution < -0.4 is 0 Å². The third-order valence-electron chi connectivity index (χ3n) is 3.24. The molecule has 23 heavy (non-hydrogen) atoms. The molecule has 2 rings (SSSR count). The predicted molar refractivity (Wildman–Crippen MR) is 91.2 cm³/mol. The molecule has 1 heterocycles. The van der Waals surface area contributed by atoms with Gasteiger partial charge in [-0.3, -0.25) is 4.90 Å². The molecule has 0 bridgehead atoms. The zero-order chi connectivity index (χ0) is 16.9. The van der Waals surface area contributed by atoms with Crippen LogP contribution in [-0.2, 0) is 6.54 Å². The molecular weight excluding hydrogens is 314 g/mol. The zero-order valence-electron chi connectivity index (χ0n) is 13.9. The Morgan fingerprint density at radius 2 is 2.09 bits per heavy atom. The summed E-state index contributed by atoms with van der Waals surface area (Å²) >= 11 is 6.00. The minimum Gasteiger partial charge on any atom is -0.396 e. The Morgan fingerprint density at radius 1 is 1.30 bits per heavy atom. The summed E-state index contributed by atoms with van der Waals surface area (Å²) in [6.45, 7) is 8.99. The lowest BCUT2D eigenvalue weighted by molar-refractivity contribution is 0.150. The van der Waals surface area contributed by atoms with Gasteiger partial charge in [0.1, 0.15) is 0 Å². The Kier molecular flexibility index (Phi) is 6.16. The van der Waals surface area contributed by atoms with E-state index in [1.165, 1.54) is 0 Å². The molecule has 1 N–H and O–H groups in total. The van der Waals surface area contributed by atoms with Crippen LogP contribution in [0.25, 0.3) is 11.4 Å². The molecule has 1 aromatic carbocycles. The Morgan fingerprint density at radius 3 is 2.74 bits per heavy atom. The van der Waals surface area contributed by atoms with E-state index in [0.29, 0.717) is 23.3 Å². The Bertz CT molecular complexity index is 622. The van der Waals surface area contributed by atoms with Gasteiger partial charge in [-0.15, -0.1) is 0 Å². The second-order valence-electron chi connectivity index (χ2n) is 6.87. The fourth-order valence-electron chi connectivity index (χ4n) is 2.43. The van der Waals surface area contributed by atoms with Crippen molar-refractivity contribution in [1.82, 2.24) is 15.0 Å². The highest BCUT2D eigenvalue weighted by Gasteiger charge is 2.19. The number of aliphatic hydroxyl groups excluding tert-OH is 1. The van der Waals surface area contributed by atoms with E-state index in [1.807, 2.05) is 24.3 Å². The number of halogens is 1. The van der Waals surface area contributed by atoms with E-state index in [1.54, 1.807) is 0 Å². The summed E-state index contributed by atoms with van der Waals surface area (Å²) in [6, 6.07) is 7.39. The third-order valence-corrected chi connectivity index (χ3v) is 3.48. The summed E-state index contributed by atoms with van der Waals surface area (Å²) in [5, 5.41) is 13.7. The number of aliphatic hydroxyl groups is 1. The highest BCUT2D eigenvalue weighted by molar-refractivity contribution is 6.30. The second-order valence-corrected chi connectivity index (χ2v) is 7.31. The molecule has 0 saturated heterocycles. The van der Waals surface area contributed by atoms with Crippen molar-refractivity contribution in [2.24, 2.45) is 5.41 Å². The van der Waals surface area contributed by atoms with Gasteiger partial charge in [-0.1, -0.05) is 49.7 Å². The van der Waals surface area contributed by atoms with Gasteiger partial charge in [0, 0.05) is 30.3 Å². The van der Waals surface area contributed by atoms with Gasteiger partial charge < -0.3 is 9.63 Å². The molecule has 0 radical (unpaired) electrons. The summed E-state index contributed by atoms with van der Waals surface area (Å²) in [6.07, 6.45) is 0.728. The van der Waals surface area contributed by atoms with Crippen molar-refractivity contribution >= 4 is 11.6 Å². The summed E-state index contributed by atoms with van der Waals surface area (Å²) in [5.74, 6) is 1.11. The van der Waals surface area contributed by atoms with Crippen molar-refractivity contribution in [3.05, 3.63) is 35.2 Å². The molecule has 0 amide bonds. The van der Waals surface area contributed by atoms with E-state index in [9.17, 15) is 0 Å². The molecule has 0 saturated carbocycles. The quantitative estimate of drug-likeness (QED) is 0.836. The molecule has 126 valence electrons. The Balaban J connectivity index is 2.08. The van der Waals surface area contributed by atoms with Crippen LogP contribution in [0.5, 0.6) is 0 Å². The van der Waals surface area contributed by atoms with E-state index in [0.717, 1.165) is 25.1 Å². The Hall–Kier alpha value is -1.43. The van der Waals surface area contributed by atoms with E-state index >= 15 is 0 Å².